The molecule has 7 heteroatoms. The molecule has 1 saturated heterocycles. The van der Waals surface area contributed by atoms with E-state index in [9.17, 15) is 8.42 Å². The highest BCUT2D eigenvalue weighted by Crippen LogP contribution is 2.18. The summed E-state index contributed by atoms with van der Waals surface area (Å²) in [5.41, 5.74) is -0.493. The normalized spacial score (nSPS) is 22.6. The van der Waals surface area contributed by atoms with E-state index in [1.54, 1.807) is 11.4 Å². The third kappa shape index (κ3) is 5.35. The number of methoxy groups -OCH3 is 1. The van der Waals surface area contributed by atoms with E-state index >= 15 is 0 Å². The van der Waals surface area contributed by atoms with Gasteiger partial charge in [-0.3, -0.25) is 0 Å². The fourth-order valence-electron chi connectivity index (χ4n) is 2.13. The Morgan fingerprint density at radius 2 is 2.11 bits per heavy atom. The van der Waals surface area contributed by atoms with E-state index in [1.807, 2.05) is 20.9 Å². The van der Waals surface area contributed by atoms with Crippen LogP contribution in [-0.4, -0.2) is 58.7 Å². The van der Waals surface area contributed by atoms with Gasteiger partial charge in [0.05, 0.1) is 5.60 Å². The van der Waals surface area contributed by atoms with E-state index in [4.69, 9.17) is 4.74 Å². The molecule has 2 N–H and O–H groups in total. The van der Waals surface area contributed by atoms with E-state index in [0.717, 1.165) is 19.4 Å². The molecular formula is C12H27N3O3S. The van der Waals surface area contributed by atoms with Crippen LogP contribution >= 0.6 is 0 Å². The van der Waals surface area contributed by atoms with Crippen molar-refractivity contribution in [2.24, 2.45) is 5.92 Å². The van der Waals surface area contributed by atoms with Gasteiger partial charge in [0.2, 0.25) is 0 Å². The Morgan fingerprint density at radius 3 is 2.68 bits per heavy atom. The second kappa shape index (κ2) is 6.99. The molecule has 0 aliphatic carbocycles. The zero-order chi connectivity index (χ0) is 14.5. The summed E-state index contributed by atoms with van der Waals surface area (Å²) in [7, 11) is 0.0748. The zero-order valence-corrected chi connectivity index (χ0v) is 13.2. The number of nitrogens with one attached hydrogen (secondary N) is 2. The van der Waals surface area contributed by atoms with E-state index in [1.165, 1.54) is 0 Å². The molecule has 0 spiro atoms. The molecule has 0 amide bonds. The lowest BCUT2D eigenvalue weighted by Crippen LogP contribution is -2.50. The average Bonchev–Trinajstić information content (AvgIpc) is 2.38. The molecule has 0 radical (unpaired) electrons. The van der Waals surface area contributed by atoms with Crippen LogP contribution in [0.5, 0.6) is 0 Å². The lowest BCUT2D eigenvalue weighted by Gasteiger charge is -2.33. The number of rotatable bonds is 7. The van der Waals surface area contributed by atoms with E-state index in [2.05, 4.69) is 10.0 Å². The third-order valence-corrected chi connectivity index (χ3v) is 5.07. The minimum absolute atomic E-state index is 0.277. The van der Waals surface area contributed by atoms with Crippen molar-refractivity contribution in [3.63, 3.8) is 0 Å². The number of hydrogen-bond donors (Lipinski definition) is 2. The Bertz CT molecular complexity index is 368. The van der Waals surface area contributed by atoms with Gasteiger partial charge in [0, 0.05) is 26.7 Å². The molecule has 1 unspecified atom stereocenters. The van der Waals surface area contributed by atoms with Gasteiger partial charge in [-0.2, -0.15) is 17.4 Å². The van der Waals surface area contributed by atoms with Crippen molar-refractivity contribution < 1.29 is 13.2 Å². The van der Waals surface area contributed by atoms with E-state index in [-0.39, 0.29) is 6.54 Å². The van der Waals surface area contributed by atoms with Crippen LogP contribution in [0.1, 0.15) is 26.7 Å². The van der Waals surface area contributed by atoms with Crippen molar-refractivity contribution in [2.45, 2.75) is 32.3 Å². The maximum absolute atomic E-state index is 12.2. The fraction of sp³-hybridized carbons (Fsp3) is 1.00. The average molecular weight is 293 g/mol. The van der Waals surface area contributed by atoms with Gasteiger partial charge in [0.1, 0.15) is 0 Å². The largest absolute Gasteiger partial charge is 0.377 e. The lowest BCUT2D eigenvalue weighted by atomic mass is 10.00. The molecular weight excluding hydrogens is 266 g/mol. The van der Waals surface area contributed by atoms with Gasteiger partial charge in [-0.15, -0.1) is 0 Å². The quantitative estimate of drug-likeness (QED) is 0.702. The Hall–Kier alpha value is -0.210. The Balaban J connectivity index is 2.57. The Morgan fingerprint density at radius 1 is 1.42 bits per heavy atom. The molecule has 0 aromatic carbocycles. The van der Waals surface area contributed by atoms with Crippen molar-refractivity contribution >= 4 is 10.2 Å². The summed E-state index contributed by atoms with van der Waals surface area (Å²) in [5, 5.41) is 3.11. The van der Waals surface area contributed by atoms with Gasteiger partial charge in [0.15, 0.2) is 0 Å². The van der Waals surface area contributed by atoms with Crippen LogP contribution in [-0.2, 0) is 14.9 Å². The molecule has 1 rings (SSSR count). The topological polar surface area (TPSA) is 70.7 Å². The predicted octanol–water partition coefficient (Wildman–Crippen LogP) is 0.177. The first kappa shape index (κ1) is 16.8. The van der Waals surface area contributed by atoms with Gasteiger partial charge in [0.25, 0.3) is 10.2 Å². The summed E-state index contributed by atoms with van der Waals surface area (Å²) >= 11 is 0. The summed E-state index contributed by atoms with van der Waals surface area (Å²) in [6, 6.07) is 0. The van der Waals surface area contributed by atoms with Crippen LogP contribution < -0.4 is 10.0 Å². The molecule has 19 heavy (non-hydrogen) atoms. The molecule has 1 aliphatic heterocycles. The number of piperidine rings is 1. The molecule has 1 aliphatic rings. The summed E-state index contributed by atoms with van der Waals surface area (Å²) in [4.78, 5) is 0. The maximum Gasteiger partial charge on any atom is 0.279 e. The highest BCUT2D eigenvalue weighted by atomic mass is 32.2. The predicted molar refractivity (Wildman–Crippen MR) is 76.2 cm³/mol. The smallest absolute Gasteiger partial charge is 0.279 e. The molecule has 114 valence electrons. The molecule has 0 saturated carbocycles. The van der Waals surface area contributed by atoms with Crippen molar-refractivity contribution in [3.8, 4) is 0 Å². The Labute approximate surface area is 117 Å². The van der Waals surface area contributed by atoms with Gasteiger partial charge < -0.3 is 10.1 Å². The highest BCUT2D eigenvalue weighted by Gasteiger charge is 2.30. The monoisotopic (exact) mass is 293 g/mol. The minimum Gasteiger partial charge on any atom is -0.377 e. The molecule has 6 nitrogen and oxygen atoms in total. The third-order valence-electron chi connectivity index (χ3n) is 3.55. The first-order chi connectivity index (χ1) is 8.80. The van der Waals surface area contributed by atoms with Crippen molar-refractivity contribution in [1.29, 1.82) is 0 Å². The van der Waals surface area contributed by atoms with Gasteiger partial charge in [-0.05, 0) is 46.2 Å². The second-order valence-corrected chi connectivity index (χ2v) is 7.47. The molecule has 0 aromatic rings. The van der Waals surface area contributed by atoms with Gasteiger partial charge in [-0.25, -0.2) is 0 Å². The number of nitrogens with zero attached hydrogens (tertiary/aromatic N) is 1. The van der Waals surface area contributed by atoms with Crippen LogP contribution in [0.25, 0.3) is 0 Å². The molecule has 0 bridgehead atoms. The second-order valence-electron chi connectivity index (χ2n) is 5.71. The summed E-state index contributed by atoms with van der Waals surface area (Å²) < 4.78 is 33.9. The van der Waals surface area contributed by atoms with Crippen molar-refractivity contribution in [3.05, 3.63) is 0 Å². The van der Waals surface area contributed by atoms with Crippen molar-refractivity contribution in [2.75, 3.05) is 40.3 Å². The van der Waals surface area contributed by atoms with Crippen LogP contribution in [0.3, 0.4) is 0 Å². The maximum atomic E-state index is 12.2. The molecule has 1 atom stereocenters. The summed E-state index contributed by atoms with van der Waals surface area (Å²) in [5.74, 6) is 0.394. The SMILES string of the molecule is CNCC1CCCN(S(=O)(=O)NCC(C)(C)OC)C1. The zero-order valence-electron chi connectivity index (χ0n) is 12.4. The Kier molecular flexibility index (Phi) is 6.19. The molecule has 1 fully saturated rings. The standard InChI is InChI=1S/C12H27N3O3S/c1-12(2,18-4)10-14-19(16,17)15-7-5-6-11(9-15)8-13-3/h11,13-14H,5-10H2,1-4H3. The van der Waals surface area contributed by atoms with Crippen molar-refractivity contribution in [1.82, 2.24) is 14.3 Å². The van der Waals surface area contributed by atoms with Gasteiger partial charge in [-0.1, -0.05) is 0 Å². The van der Waals surface area contributed by atoms with Crippen LogP contribution in [0, 0.1) is 5.92 Å². The molecule has 0 aromatic heterocycles. The number of ether oxygens (including phenoxy) is 1. The summed E-state index contributed by atoms with van der Waals surface area (Å²) in [6.45, 7) is 6.03. The van der Waals surface area contributed by atoms with Crippen LogP contribution in [0.15, 0.2) is 0 Å². The van der Waals surface area contributed by atoms with E-state index in [0.29, 0.717) is 19.0 Å². The van der Waals surface area contributed by atoms with Crippen LogP contribution in [0.4, 0.5) is 0 Å². The van der Waals surface area contributed by atoms with E-state index < -0.39 is 15.8 Å². The highest BCUT2D eigenvalue weighted by molar-refractivity contribution is 7.87. The molecule has 1 heterocycles. The minimum atomic E-state index is -3.40. The summed E-state index contributed by atoms with van der Waals surface area (Å²) in [6.07, 6.45) is 2.00. The van der Waals surface area contributed by atoms with Crippen LogP contribution in [0.2, 0.25) is 0 Å². The lowest BCUT2D eigenvalue weighted by molar-refractivity contribution is 0.0272. The van der Waals surface area contributed by atoms with Gasteiger partial charge >= 0.3 is 0 Å². The first-order valence-electron chi connectivity index (χ1n) is 6.75. The first-order valence-corrected chi connectivity index (χ1v) is 8.19. The number of hydrogen-bond acceptors (Lipinski definition) is 4. The fourth-order valence-corrected chi connectivity index (χ4v) is 3.62.